The van der Waals surface area contributed by atoms with Gasteiger partial charge in [0.15, 0.2) is 5.13 Å². The van der Waals surface area contributed by atoms with Crippen LogP contribution < -0.4 is 14.4 Å². The van der Waals surface area contributed by atoms with Gasteiger partial charge in [-0.15, -0.1) is 0 Å². The van der Waals surface area contributed by atoms with Crippen molar-refractivity contribution in [2.24, 2.45) is 0 Å². The van der Waals surface area contributed by atoms with E-state index < -0.39 is 0 Å². The molecule has 0 atom stereocenters. The van der Waals surface area contributed by atoms with E-state index >= 15 is 0 Å². The van der Waals surface area contributed by atoms with E-state index in [2.05, 4.69) is 5.10 Å². The first-order chi connectivity index (χ1) is 17.1. The Balaban J connectivity index is 1.61. The molecular formula is C27H24N4O3S. The van der Waals surface area contributed by atoms with Crippen LogP contribution in [0.5, 0.6) is 11.5 Å². The molecule has 0 radical (unpaired) electrons. The summed E-state index contributed by atoms with van der Waals surface area (Å²) in [5.41, 5.74) is 3.83. The summed E-state index contributed by atoms with van der Waals surface area (Å²) in [6, 6.07) is 23.3. The average molecular weight is 485 g/mol. The van der Waals surface area contributed by atoms with Gasteiger partial charge in [-0.2, -0.15) is 5.10 Å². The number of ether oxygens (including phenoxy) is 2. The number of hydrogen-bond acceptors (Lipinski definition) is 6. The molecule has 0 bridgehead atoms. The zero-order valence-corrected chi connectivity index (χ0v) is 20.5. The molecule has 7 nitrogen and oxygen atoms in total. The van der Waals surface area contributed by atoms with Gasteiger partial charge < -0.3 is 9.47 Å². The van der Waals surface area contributed by atoms with Crippen LogP contribution in [0.25, 0.3) is 15.9 Å². The Hall–Kier alpha value is -4.17. The van der Waals surface area contributed by atoms with Crippen molar-refractivity contribution in [3.8, 4) is 17.2 Å². The number of carbonyl (C=O) groups excluding carboxylic acids is 1. The Morgan fingerprint density at radius 3 is 2.29 bits per heavy atom. The quantitative estimate of drug-likeness (QED) is 0.298. The highest BCUT2D eigenvalue weighted by atomic mass is 32.1. The lowest BCUT2D eigenvalue weighted by molar-refractivity contribution is 0.0984. The third-order valence-corrected chi connectivity index (χ3v) is 6.89. The Kier molecular flexibility index (Phi) is 6.20. The fraction of sp³-hybridized carbons (Fsp3) is 0.148. The first-order valence-electron chi connectivity index (χ1n) is 11.1. The summed E-state index contributed by atoms with van der Waals surface area (Å²) in [4.78, 5) is 20.5. The molecule has 0 N–H and O–H groups in total. The maximum absolute atomic E-state index is 14.0. The first-order valence-corrected chi connectivity index (χ1v) is 11.9. The second kappa shape index (κ2) is 9.60. The van der Waals surface area contributed by atoms with Crippen molar-refractivity contribution in [3.63, 3.8) is 0 Å². The van der Waals surface area contributed by atoms with Crippen molar-refractivity contribution in [1.82, 2.24) is 14.8 Å². The van der Waals surface area contributed by atoms with Crippen LogP contribution in [0.4, 0.5) is 5.13 Å². The number of para-hydroxylation sites is 1. The van der Waals surface area contributed by atoms with Gasteiger partial charge in [0.05, 0.1) is 43.9 Å². The molecule has 1 amide bonds. The molecule has 0 fully saturated rings. The molecule has 0 unspecified atom stereocenters. The number of methoxy groups -OCH3 is 2. The Bertz CT molecular complexity index is 1440. The standard InChI is InChI=1S/C27H24N4O3S/c1-18-21(16-28-31(18)20-12-8-5-9-13-20)26(32)30(17-19-10-6-4-7-11-19)27-29-24-22(33-2)14-15-23(34-3)25(24)35-27/h4-16H,17H2,1-3H3. The lowest BCUT2D eigenvalue weighted by atomic mass is 10.2. The normalized spacial score (nSPS) is 10.9. The molecule has 2 heterocycles. The maximum atomic E-state index is 14.0. The highest BCUT2D eigenvalue weighted by Gasteiger charge is 2.27. The molecule has 5 rings (SSSR count). The minimum absolute atomic E-state index is 0.175. The lowest BCUT2D eigenvalue weighted by Crippen LogP contribution is -2.30. The van der Waals surface area contributed by atoms with Gasteiger partial charge in [-0.25, -0.2) is 9.67 Å². The summed E-state index contributed by atoms with van der Waals surface area (Å²) in [6.45, 7) is 2.26. The number of rotatable bonds is 7. The summed E-state index contributed by atoms with van der Waals surface area (Å²) in [6.07, 6.45) is 1.62. The van der Waals surface area contributed by atoms with Crippen LogP contribution in [-0.4, -0.2) is 34.9 Å². The Labute approximate surface area is 207 Å². The fourth-order valence-corrected chi connectivity index (χ4v) is 5.05. The first kappa shape index (κ1) is 22.6. The van der Waals surface area contributed by atoms with E-state index in [9.17, 15) is 4.79 Å². The summed E-state index contributed by atoms with van der Waals surface area (Å²) in [5.74, 6) is 1.14. The molecule has 2 aromatic heterocycles. The number of hydrogen-bond donors (Lipinski definition) is 0. The molecule has 176 valence electrons. The van der Waals surface area contributed by atoms with Crippen LogP contribution in [0.2, 0.25) is 0 Å². The molecule has 0 spiro atoms. The molecule has 0 aliphatic carbocycles. The number of nitrogens with zero attached hydrogens (tertiary/aromatic N) is 4. The van der Waals surface area contributed by atoms with Gasteiger partial charge in [0.2, 0.25) is 0 Å². The number of carbonyl (C=O) groups is 1. The Morgan fingerprint density at radius 1 is 0.943 bits per heavy atom. The summed E-state index contributed by atoms with van der Waals surface area (Å²) >= 11 is 1.40. The lowest BCUT2D eigenvalue weighted by Gasteiger charge is -2.20. The smallest absolute Gasteiger partial charge is 0.263 e. The second-order valence-electron chi connectivity index (χ2n) is 7.91. The third-order valence-electron chi connectivity index (χ3n) is 5.80. The van der Waals surface area contributed by atoms with Gasteiger partial charge >= 0.3 is 0 Å². The SMILES string of the molecule is COc1ccc(OC)c2sc(N(Cc3ccccc3)C(=O)c3cnn(-c4ccccc4)c3C)nc12. The van der Waals surface area contributed by atoms with Crippen molar-refractivity contribution in [3.05, 3.63) is 95.8 Å². The summed E-state index contributed by atoms with van der Waals surface area (Å²) in [5, 5.41) is 5.06. The molecule has 3 aromatic carbocycles. The molecule has 0 saturated heterocycles. The highest BCUT2D eigenvalue weighted by Crippen LogP contribution is 2.40. The van der Waals surface area contributed by atoms with E-state index in [0.717, 1.165) is 21.6 Å². The fourth-order valence-electron chi connectivity index (χ4n) is 3.98. The van der Waals surface area contributed by atoms with Gasteiger partial charge in [-0.1, -0.05) is 59.9 Å². The number of thiazole rings is 1. The van der Waals surface area contributed by atoms with Crippen LogP contribution in [0.1, 0.15) is 21.6 Å². The van der Waals surface area contributed by atoms with Crippen molar-refractivity contribution < 1.29 is 14.3 Å². The van der Waals surface area contributed by atoms with Crippen LogP contribution in [-0.2, 0) is 6.54 Å². The molecule has 35 heavy (non-hydrogen) atoms. The van der Waals surface area contributed by atoms with Gasteiger partial charge in [0.1, 0.15) is 21.7 Å². The number of aromatic nitrogens is 3. The molecule has 0 saturated carbocycles. The predicted octanol–water partition coefficient (Wildman–Crippen LogP) is 5.65. The minimum Gasteiger partial charge on any atom is -0.495 e. The number of benzene rings is 3. The summed E-state index contributed by atoms with van der Waals surface area (Å²) < 4.78 is 13.7. The maximum Gasteiger partial charge on any atom is 0.263 e. The molecule has 5 aromatic rings. The number of fused-ring (bicyclic) bond motifs is 1. The monoisotopic (exact) mass is 484 g/mol. The third kappa shape index (κ3) is 4.24. The van der Waals surface area contributed by atoms with E-state index in [0.29, 0.717) is 34.3 Å². The Morgan fingerprint density at radius 2 is 1.60 bits per heavy atom. The van der Waals surface area contributed by atoms with Crippen LogP contribution in [0.3, 0.4) is 0 Å². The van der Waals surface area contributed by atoms with E-state index in [1.54, 1.807) is 30.0 Å². The van der Waals surface area contributed by atoms with E-state index in [1.807, 2.05) is 79.7 Å². The number of anilines is 1. The van der Waals surface area contributed by atoms with E-state index in [1.165, 1.54) is 11.3 Å². The predicted molar refractivity (Wildman–Crippen MR) is 138 cm³/mol. The average Bonchev–Trinajstić information content (AvgIpc) is 3.51. The van der Waals surface area contributed by atoms with E-state index in [-0.39, 0.29) is 5.91 Å². The van der Waals surface area contributed by atoms with Gasteiger partial charge in [-0.05, 0) is 36.8 Å². The van der Waals surface area contributed by atoms with Crippen molar-refractivity contribution in [2.45, 2.75) is 13.5 Å². The molecule has 0 aliphatic rings. The van der Waals surface area contributed by atoms with E-state index in [4.69, 9.17) is 14.5 Å². The van der Waals surface area contributed by atoms with Crippen molar-refractivity contribution in [1.29, 1.82) is 0 Å². The topological polar surface area (TPSA) is 69.5 Å². The van der Waals surface area contributed by atoms with Crippen LogP contribution >= 0.6 is 11.3 Å². The minimum atomic E-state index is -0.175. The van der Waals surface area contributed by atoms with Crippen LogP contribution in [0, 0.1) is 6.92 Å². The van der Waals surface area contributed by atoms with Crippen molar-refractivity contribution in [2.75, 3.05) is 19.1 Å². The van der Waals surface area contributed by atoms with Crippen molar-refractivity contribution >= 4 is 32.6 Å². The molecule has 8 heteroatoms. The zero-order valence-electron chi connectivity index (χ0n) is 19.6. The highest BCUT2D eigenvalue weighted by molar-refractivity contribution is 7.22. The second-order valence-corrected chi connectivity index (χ2v) is 8.89. The zero-order chi connectivity index (χ0) is 24.4. The van der Waals surface area contributed by atoms with Crippen LogP contribution in [0.15, 0.2) is 79.0 Å². The van der Waals surface area contributed by atoms with Gasteiger partial charge in [-0.3, -0.25) is 9.69 Å². The summed E-state index contributed by atoms with van der Waals surface area (Å²) in [7, 11) is 3.23. The van der Waals surface area contributed by atoms with Gasteiger partial charge in [0.25, 0.3) is 5.91 Å². The molecule has 0 aliphatic heterocycles. The number of amides is 1. The van der Waals surface area contributed by atoms with Gasteiger partial charge in [0, 0.05) is 0 Å². The molecular weight excluding hydrogens is 460 g/mol. The largest absolute Gasteiger partial charge is 0.495 e.